The Morgan fingerprint density at radius 2 is 0.944 bits per heavy atom. The molecule has 0 saturated heterocycles. The van der Waals surface area contributed by atoms with Crippen LogP contribution in [0.5, 0.6) is 0 Å². The van der Waals surface area contributed by atoms with E-state index in [0.29, 0.717) is 5.76 Å². The van der Waals surface area contributed by atoms with Crippen molar-refractivity contribution in [2.24, 2.45) is 0 Å². The van der Waals surface area contributed by atoms with Crippen molar-refractivity contribution in [2.75, 3.05) is 0 Å². The largest absolute Gasteiger partial charge is 0.462 e. The lowest BCUT2D eigenvalue weighted by atomic mass is 9.94. The summed E-state index contributed by atoms with van der Waals surface area (Å²) in [5.41, 5.74) is 6.28. The highest BCUT2D eigenvalue weighted by Crippen LogP contribution is 2.40. The summed E-state index contributed by atoms with van der Waals surface area (Å²) < 4.78 is 6.29. The Labute approximate surface area is 216 Å². The molecule has 0 radical (unpaired) electrons. The van der Waals surface area contributed by atoms with Crippen LogP contribution in [0.3, 0.4) is 0 Å². The van der Waals surface area contributed by atoms with Crippen molar-refractivity contribution in [3.8, 4) is 0 Å². The Morgan fingerprint density at radius 3 is 1.50 bits per heavy atom. The summed E-state index contributed by atoms with van der Waals surface area (Å²) in [5, 5.41) is 22.0. The minimum absolute atomic E-state index is 0.145. The van der Waals surface area contributed by atoms with Crippen LogP contribution in [-0.4, -0.2) is 10.2 Å². The van der Waals surface area contributed by atoms with Gasteiger partial charge < -0.3 is 14.6 Å². The van der Waals surface area contributed by atoms with E-state index < -0.39 is 12.2 Å². The van der Waals surface area contributed by atoms with Crippen molar-refractivity contribution >= 4 is 11.3 Å². The number of furan rings is 1. The first-order valence-corrected chi connectivity index (χ1v) is 13.0. The van der Waals surface area contributed by atoms with E-state index in [-0.39, 0.29) is 5.92 Å². The number of aliphatic hydroxyl groups excluding tert-OH is 2. The van der Waals surface area contributed by atoms with Crippen LogP contribution in [0, 0.1) is 20.8 Å². The van der Waals surface area contributed by atoms with E-state index in [2.05, 4.69) is 37.3 Å². The van der Waals surface area contributed by atoms with Crippen LogP contribution in [0.4, 0.5) is 0 Å². The molecule has 0 amide bonds. The fourth-order valence-corrected chi connectivity index (χ4v) is 5.56. The number of aryl methyl sites for hydroxylation is 3. The predicted octanol–water partition coefficient (Wildman–Crippen LogP) is 7.61. The van der Waals surface area contributed by atoms with Gasteiger partial charge in [0.2, 0.25) is 0 Å². The molecule has 3 unspecified atom stereocenters. The summed E-state index contributed by atoms with van der Waals surface area (Å²) >= 11 is 1.59. The first-order valence-electron chi connectivity index (χ1n) is 12.1. The standard InChI is InChI=1S/C32H30O3S/c1-20-4-10-23(11-5-20)30(26-16-17-27(35-26)31(33)24-12-6-21(2)7-13-24)28-18-19-29(36-28)32(34)25-14-8-22(3)9-15-25/h4-19,30-34H,1-3H3. The van der Waals surface area contributed by atoms with Gasteiger partial charge >= 0.3 is 0 Å². The highest BCUT2D eigenvalue weighted by atomic mass is 32.1. The molecule has 36 heavy (non-hydrogen) atoms. The van der Waals surface area contributed by atoms with Gasteiger partial charge in [0.1, 0.15) is 23.7 Å². The molecule has 2 N–H and O–H groups in total. The van der Waals surface area contributed by atoms with Crippen LogP contribution in [0.2, 0.25) is 0 Å². The van der Waals surface area contributed by atoms with Gasteiger partial charge in [0, 0.05) is 9.75 Å². The number of aliphatic hydroxyl groups is 2. The van der Waals surface area contributed by atoms with E-state index in [1.54, 1.807) is 11.3 Å². The monoisotopic (exact) mass is 494 g/mol. The molecule has 0 aliphatic heterocycles. The zero-order valence-electron chi connectivity index (χ0n) is 20.7. The van der Waals surface area contributed by atoms with Crippen molar-refractivity contribution in [3.63, 3.8) is 0 Å². The van der Waals surface area contributed by atoms with E-state index in [1.807, 2.05) is 80.6 Å². The van der Waals surface area contributed by atoms with Gasteiger partial charge in [-0.25, -0.2) is 0 Å². The molecule has 0 fully saturated rings. The predicted molar refractivity (Wildman–Crippen MR) is 146 cm³/mol. The molecule has 3 nitrogen and oxygen atoms in total. The van der Waals surface area contributed by atoms with Crippen LogP contribution in [0.15, 0.2) is 101 Å². The average Bonchev–Trinajstić information content (AvgIpc) is 3.56. The number of thiophene rings is 1. The Bertz CT molecular complexity index is 1340. The van der Waals surface area contributed by atoms with Crippen LogP contribution in [0.25, 0.3) is 0 Å². The van der Waals surface area contributed by atoms with Crippen molar-refractivity contribution in [2.45, 2.75) is 38.9 Å². The normalized spacial score (nSPS) is 13.9. The molecule has 2 heterocycles. The third-order valence-corrected chi connectivity index (χ3v) is 7.80. The van der Waals surface area contributed by atoms with E-state index in [4.69, 9.17) is 4.42 Å². The summed E-state index contributed by atoms with van der Waals surface area (Å²) in [6.07, 6.45) is -1.51. The molecule has 0 aliphatic rings. The van der Waals surface area contributed by atoms with Crippen LogP contribution >= 0.6 is 11.3 Å². The first-order chi connectivity index (χ1) is 17.4. The lowest BCUT2D eigenvalue weighted by Gasteiger charge is -2.15. The highest BCUT2D eigenvalue weighted by Gasteiger charge is 2.25. The highest BCUT2D eigenvalue weighted by molar-refractivity contribution is 7.12. The molecule has 3 atom stereocenters. The average molecular weight is 495 g/mol. The van der Waals surface area contributed by atoms with Crippen molar-refractivity contribution < 1.29 is 14.6 Å². The summed E-state index contributed by atoms with van der Waals surface area (Å²) in [6, 6.07) is 32.1. The van der Waals surface area contributed by atoms with Gasteiger partial charge in [0.15, 0.2) is 0 Å². The number of rotatable bonds is 7. The fraction of sp³-hybridized carbons (Fsp3) is 0.188. The molecule has 0 bridgehead atoms. The summed E-state index contributed by atoms with van der Waals surface area (Å²) in [6.45, 7) is 6.14. The Hall–Kier alpha value is -3.44. The smallest absolute Gasteiger partial charge is 0.137 e. The second kappa shape index (κ2) is 10.3. The molecule has 2 aromatic heterocycles. The number of hydrogen-bond acceptors (Lipinski definition) is 4. The lowest BCUT2D eigenvalue weighted by Crippen LogP contribution is -2.01. The number of benzene rings is 3. The van der Waals surface area contributed by atoms with Crippen LogP contribution < -0.4 is 0 Å². The minimum Gasteiger partial charge on any atom is -0.462 e. The third-order valence-electron chi connectivity index (χ3n) is 6.60. The maximum Gasteiger partial charge on any atom is 0.137 e. The molecule has 0 spiro atoms. The second-order valence-corrected chi connectivity index (χ2v) is 10.6. The Balaban J connectivity index is 1.50. The van der Waals surface area contributed by atoms with Crippen molar-refractivity contribution in [1.82, 2.24) is 0 Å². The molecule has 0 saturated carbocycles. The van der Waals surface area contributed by atoms with Crippen molar-refractivity contribution in [1.29, 1.82) is 0 Å². The SMILES string of the molecule is Cc1ccc(C(O)c2ccc(C(c3ccc(C)cc3)c3ccc(C(O)c4ccc(C)cc4)s3)o2)cc1. The molecule has 0 aliphatic carbocycles. The molecular formula is C32H30O3S. The van der Waals surface area contributed by atoms with E-state index >= 15 is 0 Å². The van der Waals surface area contributed by atoms with Gasteiger partial charge in [0.25, 0.3) is 0 Å². The van der Waals surface area contributed by atoms with Gasteiger partial charge in [-0.3, -0.25) is 0 Å². The lowest BCUT2D eigenvalue weighted by molar-refractivity contribution is 0.186. The van der Waals surface area contributed by atoms with E-state index in [0.717, 1.165) is 37.8 Å². The molecule has 3 aromatic carbocycles. The Morgan fingerprint density at radius 1 is 0.500 bits per heavy atom. The van der Waals surface area contributed by atoms with Gasteiger partial charge in [0.05, 0.1) is 5.92 Å². The molecule has 4 heteroatoms. The molecule has 182 valence electrons. The number of hydrogen-bond donors (Lipinski definition) is 2. The summed E-state index contributed by atoms with van der Waals surface area (Å²) in [4.78, 5) is 1.96. The topological polar surface area (TPSA) is 53.6 Å². The zero-order valence-corrected chi connectivity index (χ0v) is 21.5. The maximum atomic E-state index is 11.0. The van der Waals surface area contributed by atoms with Gasteiger partial charge in [-0.05, 0) is 61.7 Å². The quantitative estimate of drug-likeness (QED) is 0.245. The molecular weight excluding hydrogens is 464 g/mol. The maximum absolute atomic E-state index is 11.0. The molecule has 5 aromatic rings. The second-order valence-electron chi connectivity index (χ2n) is 9.45. The Kier molecular flexibility index (Phi) is 6.92. The van der Waals surface area contributed by atoms with Gasteiger partial charge in [-0.1, -0.05) is 89.5 Å². The van der Waals surface area contributed by atoms with Crippen molar-refractivity contribution in [3.05, 3.63) is 152 Å². The van der Waals surface area contributed by atoms with E-state index in [9.17, 15) is 10.2 Å². The van der Waals surface area contributed by atoms with Crippen LogP contribution in [-0.2, 0) is 0 Å². The van der Waals surface area contributed by atoms with Gasteiger partial charge in [-0.2, -0.15) is 0 Å². The van der Waals surface area contributed by atoms with Gasteiger partial charge in [-0.15, -0.1) is 11.3 Å². The van der Waals surface area contributed by atoms with E-state index in [1.165, 1.54) is 11.1 Å². The fourth-order valence-electron chi connectivity index (χ4n) is 4.39. The molecule has 5 rings (SSSR count). The zero-order chi connectivity index (χ0) is 25.2. The first kappa shape index (κ1) is 24.3. The third kappa shape index (κ3) is 5.07. The van der Waals surface area contributed by atoms with Crippen LogP contribution in [0.1, 0.15) is 72.8 Å². The minimum atomic E-state index is -0.833. The summed E-state index contributed by atoms with van der Waals surface area (Å²) in [5.74, 6) is 1.13. The summed E-state index contributed by atoms with van der Waals surface area (Å²) in [7, 11) is 0.